The van der Waals surface area contributed by atoms with Gasteiger partial charge in [0, 0.05) is 0 Å². The van der Waals surface area contributed by atoms with Crippen molar-refractivity contribution in [3.05, 3.63) is 77.1 Å². The Morgan fingerprint density at radius 2 is 1.25 bits per heavy atom. The fraction of sp³-hybridized carbons (Fsp3) is 0.200. The molecular formula is C15H16N-. The summed E-state index contributed by atoms with van der Waals surface area (Å²) in [5.74, 6) is 0.382. The molecule has 0 spiro atoms. The van der Waals surface area contributed by atoms with Gasteiger partial charge < -0.3 is 5.32 Å². The van der Waals surface area contributed by atoms with Crippen LogP contribution in [-0.2, 0) is 0 Å². The molecule has 0 fully saturated rings. The Morgan fingerprint density at radius 3 is 1.62 bits per heavy atom. The molecule has 0 atom stereocenters. The molecule has 0 amide bonds. The molecule has 0 bridgehead atoms. The summed E-state index contributed by atoms with van der Waals surface area (Å²) in [6.45, 7) is 0.841. The largest absolute Gasteiger partial charge is 0.664 e. The zero-order valence-electron chi connectivity index (χ0n) is 9.51. The first-order valence-electron chi connectivity index (χ1n) is 5.57. The molecule has 1 heteroatoms. The lowest BCUT2D eigenvalue weighted by Crippen LogP contribution is -2.05. The summed E-state index contributed by atoms with van der Waals surface area (Å²) in [4.78, 5) is 0. The minimum Gasteiger partial charge on any atom is -0.664 e. The number of hydrogen-bond donors (Lipinski definition) is 0. The van der Waals surface area contributed by atoms with E-state index < -0.39 is 0 Å². The lowest BCUT2D eigenvalue weighted by molar-refractivity contribution is 0.867. The quantitative estimate of drug-likeness (QED) is 0.728. The molecule has 82 valence electrons. The molecular weight excluding hydrogens is 194 g/mol. The molecule has 2 aromatic rings. The van der Waals surface area contributed by atoms with Crippen LogP contribution in [0.3, 0.4) is 0 Å². The topological polar surface area (TPSA) is 14.1 Å². The number of nitrogens with zero attached hydrogens (tertiary/aromatic N) is 1. The predicted octanol–water partition coefficient (Wildman–Crippen LogP) is 3.82. The Morgan fingerprint density at radius 1 is 0.812 bits per heavy atom. The molecule has 0 aromatic heterocycles. The third kappa shape index (κ3) is 2.50. The van der Waals surface area contributed by atoms with Crippen molar-refractivity contribution in [1.29, 1.82) is 0 Å². The molecule has 0 saturated heterocycles. The van der Waals surface area contributed by atoms with Gasteiger partial charge in [-0.1, -0.05) is 60.7 Å². The van der Waals surface area contributed by atoms with Crippen molar-refractivity contribution in [2.75, 3.05) is 13.6 Å². The molecule has 0 aliphatic carbocycles. The molecule has 0 heterocycles. The highest BCUT2D eigenvalue weighted by molar-refractivity contribution is 5.33. The maximum atomic E-state index is 4.29. The van der Waals surface area contributed by atoms with Crippen molar-refractivity contribution in [3.8, 4) is 0 Å². The summed E-state index contributed by atoms with van der Waals surface area (Å²) in [7, 11) is 1.87. The predicted molar refractivity (Wildman–Crippen MR) is 68.9 cm³/mol. The van der Waals surface area contributed by atoms with E-state index in [1.165, 1.54) is 11.1 Å². The molecule has 0 saturated carbocycles. The van der Waals surface area contributed by atoms with Crippen LogP contribution in [0.4, 0.5) is 0 Å². The van der Waals surface area contributed by atoms with E-state index in [0.717, 1.165) is 6.54 Å². The summed E-state index contributed by atoms with van der Waals surface area (Å²) in [6, 6.07) is 21.1. The van der Waals surface area contributed by atoms with Gasteiger partial charge in [-0.2, -0.15) is 7.05 Å². The van der Waals surface area contributed by atoms with Gasteiger partial charge in [0.25, 0.3) is 0 Å². The first-order chi connectivity index (χ1) is 7.92. The van der Waals surface area contributed by atoms with E-state index in [0.29, 0.717) is 5.92 Å². The van der Waals surface area contributed by atoms with Gasteiger partial charge in [0.1, 0.15) is 0 Å². The third-order valence-corrected chi connectivity index (χ3v) is 2.77. The Labute approximate surface area is 97.1 Å². The molecule has 0 aliphatic rings. The fourth-order valence-electron chi connectivity index (χ4n) is 1.96. The van der Waals surface area contributed by atoms with Crippen LogP contribution in [-0.4, -0.2) is 13.6 Å². The number of rotatable bonds is 4. The Hall–Kier alpha value is -1.60. The summed E-state index contributed by atoms with van der Waals surface area (Å²) in [6.07, 6.45) is 0. The molecule has 16 heavy (non-hydrogen) atoms. The second-order valence-electron chi connectivity index (χ2n) is 3.87. The van der Waals surface area contributed by atoms with Crippen molar-refractivity contribution < 1.29 is 0 Å². The van der Waals surface area contributed by atoms with Crippen LogP contribution in [0.1, 0.15) is 17.0 Å². The highest BCUT2D eigenvalue weighted by atomic mass is 14.8. The van der Waals surface area contributed by atoms with Gasteiger partial charge in [0.15, 0.2) is 0 Å². The first kappa shape index (κ1) is 10.9. The van der Waals surface area contributed by atoms with E-state index in [4.69, 9.17) is 0 Å². The van der Waals surface area contributed by atoms with Crippen molar-refractivity contribution >= 4 is 0 Å². The normalized spacial score (nSPS) is 10.6. The van der Waals surface area contributed by atoms with E-state index in [1.54, 1.807) is 0 Å². The second-order valence-corrected chi connectivity index (χ2v) is 3.87. The second kappa shape index (κ2) is 5.47. The molecule has 0 aliphatic heterocycles. The summed E-state index contributed by atoms with van der Waals surface area (Å²) in [5, 5.41) is 4.29. The molecule has 0 unspecified atom stereocenters. The molecule has 2 rings (SSSR count). The Bertz CT molecular complexity index is 368. The SMILES string of the molecule is C[N-]CC(c1ccccc1)c1ccccc1. The summed E-state index contributed by atoms with van der Waals surface area (Å²) in [5.41, 5.74) is 2.67. The van der Waals surface area contributed by atoms with Crippen LogP contribution < -0.4 is 0 Å². The van der Waals surface area contributed by atoms with Gasteiger partial charge in [-0.05, 0) is 17.0 Å². The highest BCUT2D eigenvalue weighted by Crippen LogP contribution is 2.25. The average Bonchev–Trinajstić information content (AvgIpc) is 2.38. The van der Waals surface area contributed by atoms with E-state index >= 15 is 0 Å². The van der Waals surface area contributed by atoms with Crippen LogP contribution in [0.25, 0.3) is 5.32 Å². The number of hydrogen-bond acceptors (Lipinski definition) is 0. The lowest BCUT2D eigenvalue weighted by atomic mass is 9.91. The highest BCUT2D eigenvalue weighted by Gasteiger charge is 2.08. The van der Waals surface area contributed by atoms with Gasteiger partial charge in [0.2, 0.25) is 0 Å². The summed E-state index contributed by atoms with van der Waals surface area (Å²) >= 11 is 0. The Balaban J connectivity index is 2.31. The van der Waals surface area contributed by atoms with E-state index in [1.807, 2.05) is 7.05 Å². The first-order valence-corrected chi connectivity index (χ1v) is 5.57. The van der Waals surface area contributed by atoms with Crippen LogP contribution >= 0.6 is 0 Å². The van der Waals surface area contributed by atoms with Gasteiger partial charge in [-0.25, -0.2) is 0 Å². The zero-order chi connectivity index (χ0) is 11.2. The lowest BCUT2D eigenvalue weighted by Gasteiger charge is -2.24. The van der Waals surface area contributed by atoms with Crippen LogP contribution in [0.2, 0.25) is 0 Å². The third-order valence-electron chi connectivity index (χ3n) is 2.77. The molecule has 0 N–H and O–H groups in total. The maximum Gasteiger partial charge on any atom is -0.00987 e. The van der Waals surface area contributed by atoms with Gasteiger partial charge in [0.05, 0.1) is 0 Å². The standard InChI is InChI=1S/C15H16N/c1-16-12-15(13-8-4-2-5-9-13)14-10-6-3-7-11-14/h2-11,15H,12H2,1H3/q-1. The number of benzene rings is 2. The number of likely N-dealkylation sites (N-methyl/N-ethyl adjacent to an activating group) is 1. The summed E-state index contributed by atoms with van der Waals surface area (Å²) < 4.78 is 0. The van der Waals surface area contributed by atoms with Crippen molar-refractivity contribution in [2.45, 2.75) is 5.92 Å². The van der Waals surface area contributed by atoms with E-state index in [2.05, 4.69) is 66.0 Å². The smallest absolute Gasteiger partial charge is 0.00987 e. The average molecular weight is 210 g/mol. The van der Waals surface area contributed by atoms with E-state index in [-0.39, 0.29) is 0 Å². The zero-order valence-corrected chi connectivity index (χ0v) is 9.51. The van der Waals surface area contributed by atoms with Gasteiger partial charge in [-0.15, -0.1) is 6.54 Å². The fourth-order valence-corrected chi connectivity index (χ4v) is 1.96. The van der Waals surface area contributed by atoms with Crippen molar-refractivity contribution in [1.82, 2.24) is 0 Å². The van der Waals surface area contributed by atoms with Crippen LogP contribution in [0.5, 0.6) is 0 Å². The van der Waals surface area contributed by atoms with Crippen molar-refractivity contribution in [2.24, 2.45) is 0 Å². The minimum absolute atomic E-state index is 0.382. The Kier molecular flexibility index (Phi) is 3.73. The van der Waals surface area contributed by atoms with Gasteiger partial charge in [-0.3, -0.25) is 0 Å². The monoisotopic (exact) mass is 210 g/mol. The molecule has 0 radical (unpaired) electrons. The van der Waals surface area contributed by atoms with Gasteiger partial charge >= 0.3 is 0 Å². The van der Waals surface area contributed by atoms with Crippen molar-refractivity contribution in [3.63, 3.8) is 0 Å². The van der Waals surface area contributed by atoms with Crippen LogP contribution in [0.15, 0.2) is 60.7 Å². The molecule has 1 nitrogen and oxygen atoms in total. The maximum absolute atomic E-state index is 4.29. The minimum atomic E-state index is 0.382. The molecule has 2 aromatic carbocycles. The van der Waals surface area contributed by atoms with E-state index in [9.17, 15) is 0 Å². The van der Waals surface area contributed by atoms with Crippen LogP contribution in [0, 0.1) is 0 Å².